The lowest BCUT2D eigenvalue weighted by atomic mass is 9.92. The highest BCUT2D eigenvalue weighted by Gasteiger charge is 2.24. The van der Waals surface area contributed by atoms with Crippen molar-refractivity contribution in [1.29, 1.82) is 0 Å². The molecule has 7 aromatic carbocycles. The molecule has 0 spiro atoms. The zero-order chi connectivity index (χ0) is 33.0. The molecule has 0 radical (unpaired) electrons. The third-order valence-electron chi connectivity index (χ3n) is 9.38. The summed E-state index contributed by atoms with van der Waals surface area (Å²) in [5.41, 5.74) is 10.2. The number of benzene rings is 7. The second kappa shape index (κ2) is 11.4. The van der Waals surface area contributed by atoms with Gasteiger partial charge in [-0.05, 0) is 52.6 Å². The van der Waals surface area contributed by atoms with Crippen LogP contribution in [0.2, 0.25) is 0 Å². The summed E-state index contributed by atoms with van der Waals surface area (Å²) >= 11 is 0. The van der Waals surface area contributed by atoms with Gasteiger partial charge in [0.1, 0.15) is 22.3 Å². The minimum atomic E-state index is 0.568. The molecular weight excluding hydrogens is 615 g/mol. The lowest BCUT2D eigenvalue weighted by molar-refractivity contribution is 0.669. The van der Waals surface area contributed by atoms with Crippen LogP contribution in [0.25, 0.3) is 100 Å². The Kier molecular flexibility index (Phi) is 6.42. The van der Waals surface area contributed by atoms with Crippen molar-refractivity contribution in [2.24, 2.45) is 0 Å². The quantitative estimate of drug-likeness (QED) is 0.187. The molecule has 0 fully saturated rings. The largest absolute Gasteiger partial charge is 0.456 e. The number of furan rings is 2. The summed E-state index contributed by atoms with van der Waals surface area (Å²) in [6.07, 6.45) is 0. The van der Waals surface area contributed by atoms with Crippen molar-refractivity contribution < 1.29 is 8.83 Å². The Morgan fingerprint density at radius 2 is 0.780 bits per heavy atom. The second-order valence-corrected chi connectivity index (χ2v) is 12.4. The van der Waals surface area contributed by atoms with E-state index < -0.39 is 0 Å². The lowest BCUT2D eigenvalue weighted by Gasteiger charge is -2.14. The van der Waals surface area contributed by atoms with Crippen molar-refractivity contribution in [3.63, 3.8) is 0 Å². The lowest BCUT2D eigenvalue weighted by Crippen LogP contribution is -2.01. The summed E-state index contributed by atoms with van der Waals surface area (Å²) in [4.78, 5) is 15.6. The minimum absolute atomic E-state index is 0.568. The molecule has 0 unspecified atom stereocenters. The molecule has 5 heteroatoms. The molecule has 0 aliphatic heterocycles. The van der Waals surface area contributed by atoms with Crippen LogP contribution >= 0.6 is 0 Å². The molecule has 0 aliphatic rings. The molecule has 5 nitrogen and oxygen atoms in total. The molecule has 234 valence electrons. The van der Waals surface area contributed by atoms with Crippen molar-refractivity contribution in [3.8, 4) is 56.4 Å². The van der Waals surface area contributed by atoms with E-state index in [1.54, 1.807) is 0 Å². The monoisotopic (exact) mass is 641 g/mol. The molecule has 0 N–H and O–H groups in total. The van der Waals surface area contributed by atoms with Crippen molar-refractivity contribution in [2.75, 3.05) is 0 Å². The number of hydrogen-bond donors (Lipinski definition) is 0. The van der Waals surface area contributed by atoms with Gasteiger partial charge in [-0.15, -0.1) is 0 Å². The average molecular weight is 642 g/mol. The average Bonchev–Trinajstić information content (AvgIpc) is 3.77. The molecular formula is C45H27N3O2. The van der Waals surface area contributed by atoms with Crippen LogP contribution < -0.4 is 0 Å². The fourth-order valence-electron chi connectivity index (χ4n) is 7.05. The maximum absolute atomic E-state index is 6.44. The van der Waals surface area contributed by atoms with E-state index in [4.69, 9.17) is 23.8 Å². The highest BCUT2D eigenvalue weighted by atomic mass is 16.3. The van der Waals surface area contributed by atoms with Crippen LogP contribution in [0.1, 0.15) is 0 Å². The third-order valence-corrected chi connectivity index (χ3v) is 9.38. The van der Waals surface area contributed by atoms with Gasteiger partial charge in [0.05, 0.1) is 0 Å². The Hall–Kier alpha value is -6.85. The topological polar surface area (TPSA) is 65.0 Å². The zero-order valence-electron chi connectivity index (χ0n) is 26.7. The van der Waals surface area contributed by atoms with Crippen LogP contribution in [0, 0.1) is 0 Å². The SMILES string of the molecule is c1ccc(-c2ccc(-c3nc(-c4ccccc4)nc(-c4c(-c5cccc6oc7ccccc7c56)ccc5oc6ccccc6c45)n3)cc2)cc1. The summed E-state index contributed by atoms with van der Waals surface area (Å²) in [5, 5.41) is 4.06. The predicted molar refractivity (Wildman–Crippen MR) is 202 cm³/mol. The summed E-state index contributed by atoms with van der Waals surface area (Å²) < 4.78 is 12.8. The standard InChI is InChI=1S/C45H27N3O2/c1-3-12-28(13-4-1)29-22-24-31(25-23-29)44-46-43(30-14-5-2-6-15-30)47-45(48-44)42-33(26-27-39-41(42)35-17-8-10-20-37(35)50-39)32-18-11-21-38-40(32)34-16-7-9-19-36(34)49-38/h1-27H. The van der Waals surface area contributed by atoms with Crippen molar-refractivity contribution in [3.05, 3.63) is 164 Å². The highest BCUT2D eigenvalue weighted by molar-refractivity contribution is 6.19. The second-order valence-electron chi connectivity index (χ2n) is 12.4. The van der Waals surface area contributed by atoms with Gasteiger partial charge in [0, 0.05) is 38.2 Å². The highest BCUT2D eigenvalue weighted by Crippen LogP contribution is 2.45. The summed E-state index contributed by atoms with van der Waals surface area (Å²) in [6.45, 7) is 0. The van der Waals surface area contributed by atoms with E-state index in [0.717, 1.165) is 82.8 Å². The normalized spacial score (nSPS) is 11.6. The number of nitrogens with zero attached hydrogens (tertiary/aromatic N) is 3. The molecule has 0 bridgehead atoms. The van der Waals surface area contributed by atoms with Gasteiger partial charge in [-0.2, -0.15) is 0 Å². The molecule has 0 saturated carbocycles. The molecule has 50 heavy (non-hydrogen) atoms. The van der Waals surface area contributed by atoms with Gasteiger partial charge in [0.2, 0.25) is 0 Å². The number of rotatable bonds is 5. The smallest absolute Gasteiger partial charge is 0.165 e. The maximum atomic E-state index is 6.44. The Bertz CT molecular complexity index is 2850. The van der Waals surface area contributed by atoms with Crippen molar-refractivity contribution in [1.82, 2.24) is 15.0 Å². The first kappa shape index (κ1) is 28.2. The number of aromatic nitrogens is 3. The van der Waals surface area contributed by atoms with Crippen LogP contribution in [0.15, 0.2) is 173 Å². The van der Waals surface area contributed by atoms with Gasteiger partial charge in [0.25, 0.3) is 0 Å². The van der Waals surface area contributed by atoms with Gasteiger partial charge in [0.15, 0.2) is 17.5 Å². The fourth-order valence-corrected chi connectivity index (χ4v) is 7.05. The molecule has 0 aliphatic carbocycles. The van der Waals surface area contributed by atoms with Crippen LogP contribution in [-0.4, -0.2) is 15.0 Å². The van der Waals surface area contributed by atoms with Gasteiger partial charge in [-0.1, -0.05) is 133 Å². The first-order chi connectivity index (χ1) is 24.8. The van der Waals surface area contributed by atoms with Gasteiger partial charge in [-0.25, -0.2) is 15.0 Å². The van der Waals surface area contributed by atoms with Gasteiger partial charge < -0.3 is 8.83 Å². The fraction of sp³-hybridized carbons (Fsp3) is 0. The summed E-state index contributed by atoms with van der Waals surface area (Å²) in [7, 11) is 0. The Morgan fingerprint density at radius 3 is 1.46 bits per heavy atom. The molecule has 3 aromatic heterocycles. The zero-order valence-corrected chi connectivity index (χ0v) is 26.7. The molecule has 10 rings (SSSR count). The van der Waals surface area contributed by atoms with Gasteiger partial charge in [-0.3, -0.25) is 0 Å². The van der Waals surface area contributed by atoms with Crippen LogP contribution in [0.3, 0.4) is 0 Å². The van der Waals surface area contributed by atoms with E-state index in [9.17, 15) is 0 Å². The Morgan fingerprint density at radius 1 is 0.300 bits per heavy atom. The number of fused-ring (bicyclic) bond motifs is 6. The van der Waals surface area contributed by atoms with E-state index in [-0.39, 0.29) is 0 Å². The molecule has 0 atom stereocenters. The van der Waals surface area contributed by atoms with Crippen LogP contribution in [0.4, 0.5) is 0 Å². The van der Waals surface area contributed by atoms with Crippen LogP contribution in [0.5, 0.6) is 0 Å². The van der Waals surface area contributed by atoms with E-state index in [0.29, 0.717) is 17.5 Å². The summed E-state index contributed by atoms with van der Waals surface area (Å²) in [5.74, 6) is 1.76. The molecule has 0 saturated heterocycles. The first-order valence-electron chi connectivity index (χ1n) is 16.6. The molecule has 10 aromatic rings. The Balaban J connectivity index is 1.28. The molecule has 0 amide bonds. The number of hydrogen-bond acceptors (Lipinski definition) is 5. The van der Waals surface area contributed by atoms with E-state index >= 15 is 0 Å². The van der Waals surface area contributed by atoms with E-state index in [1.807, 2.05) is 78.9 Å². The minimum Gasteiger partial charge on any atom is -0.456 e. The maximum Gasteiger partial charge on any atom is 0.165 e. The predicted octanol–water partition coefficient (Wildman–Crippen LogP) is 12.0. The van der Waals surface area contributed by atoms with Crippen LogP contribution in [-0.2, 0) is 0 Å². The first-order valence-corrected chi connectivity index (χ1v) is 16.6. The van der Waals surface area contributed by atoms with Crippen molar-refractivity contribution in [2.45, 2.75) is 0 Å². The van der Waals surface area contributed by atoms with E-state index in [2.05, 4.69) is 84.9 Å². The summed E-state index contributed by atoms with van der Waals surface area (Å²) in [6, 6.07) is 55.6. The molecule has 3 heterocycles. The van der Waals surface area contributed by atoms with E-state index in [1.165, 1.54) is 0 Å². The van der Waals surface area contributed by atoms with Crippen molar-refractivity contribution >= 4 is 43.9 Å². The third kappa shape index (κ3) is 4.60. The Labute approximate surface area is 287 Å². The number of para-hydroxylation sites is 2. The van der Waals surface area contributed by atoms with Gasteiger partial charge >= 0.3 is 0 Å².